The van der Waals surface area contributed by atoms with E-state index in [0.717, 1.165) is 39.0 Å². The van der Waals surface area contributed by atoms with Gasteiger partial charge in [0.2, 0.25) is 10.0 Å². The maximum absolute atomic E-state index is 12.9. The zero-order chi connectivity index (χ0) is 17.2. The van der Waals surface area contributed by atoms with E-state index in [4.69, 9.17) is 0 Å². The molecule has 2 saturated heterocycles. The Morgan fingerprint density at radius 2 is 1.92 bits per heavy atom. The summed E-state index contributed by atoms with van der Waals surface area (Å²) >= 11 is 0. The number of hydrogen-bond donors (Lipinski definition) is 2. The fourth-order valence-electron chi connectivity index (χ4n) is 3.58. The van der Waals surface area contributed by atoms with Crippen LogP contribution < -0.4 is 10.0 Å². The largest absolute Gasteiger partial charge is 0.339 e. The number of benzene rings is 1. The number of amides is 1. The number of hydrogen-bond acceptors (Lipinski definition) is 4. The van der Waals surface area contributed by atoms with Crippen molar-refractivity contribution in [1.29, 1.82) is 0 Å². The van der Waals surface area contributed by atoms with Crippen molar-refractivity contribution in [3.8, 4) is 0 Å². The summed E-state index contributed by atoms with van der Waals surface area (Å²) in [6.45, 7) is 5.15. The second-order valence-electron chi connectivity index (χ2n) is 6.77. The van der Waals surface area contributed by atoms with Crippen molar-refractivity contribution in [1.82, 2.24) is 10.2 Å². The first-order valence-corrected chi connectivity index (χ1v) is 10.2. The molecular formula is C17H26ClN3O3S. The lowest BCUT2D eigenvalue weighted by molar-refractivity contribution is 0.0609. The molecule has 0 saturated carbocycles. The highest BCUT2D eigenvalue weighted by Crippen LogP contribution is 2.37. The molecule has 2 heterocycles. The molecule has 1 aromatic carbocycles. The van der Waals surface area contributed by atoms with Gasteiger partial charge in [-0.2, -0.15) is 0 Å². The molecule has 0 unspecified atom stereocenters. The van der Waals surface area contributed by atoms with E-state index in [9.17, 15) is 13.2 Å². The predicted octanol–water partition coefficient (Wildman–Crippen LogP) is 2.09. The smallest absolute Gasteiger partial charge is 0.255 e. The fraction of sp³-hybridized carbons (Fsp3) is 0.588. The second kappa shape index (κ2) is 7.93. The Labute approximate surface area is 155 Å². The number of nitrogens with one attached hydrogen (secondary N) is 2. The SMILES string of the molecule is CCS(=O)(=O)Nc1ccccc1C(=O)N1CCC2(CCNC2)CC1.Cl. The summed E-state index contributed by atoms with van der Waals surface area (Å²) in [5, 5.41) is 3.42. The van der Waals surface area contributed by atoms with Crippen molar-refractivity contribution in [3.63, 3.8) is 0 Å². The minimum atomic E-state index is -3.41. The number of carbonyl (C=O) groups is 1. The van der Waals surface area contributed by atoms with Gasteiger partial charge in [0, 0.05) is 19.6 Å². The monoisotopic (exact) mass is 387 g/mol. The van der Waals surface area contributed by atoms with Gasteiger partial charge < -0.3 is 10.2 Å². The molecule has 6 nitrogen and oxygen atoms in total. The standard InChI is InChI=1S/C17H25N3O3S.ClH/c1-2-24(22,23)19-15-6-4-3-5-14(15)16(21)20-11-8-17(9-12-20)7-10-18-13-17;/h3-6,18-19H,2,7-13H2,1H3;1H. The normalized spacial score (nSPS) is 19.5. The van der Waals surface area contributed by atoms with Gasteiger partial charge in [0.1, 0.15) is 0 Å². The summed E-state index contributed by atoms with van der Waals surface area (Å²) in [7, 11) is -3.41. The van der Waals surface area contributed by atoms with Gasteiger partial charge >= 0.3 is 0 Å². The lowest BCUT2D eigenvalue weighted by Crippen LogP contribution is -2.44. The van der Waals surface area contributed by atoms with Crippen LogP contribution in [0, 0.1) is 5.41 Å². The molecule has 8 heteroatoms. The molecule has 3 rings (SSSR count). The van der Waals surface area contributed by atoms with E-state index in [1.165, 1.54) is 6.42 Å². The molecule has 1 spiro atoms. The van der Waals surface area contributed by atoms with Gasteiger partial charge in [-0.15, -0.1) is 12.4 Å². The van der Waals surface area contributed by atoms with E-state index >= 15 is 0 Å². The van der Waals surface area contributed by atoms with Crippen molar-refractivity contribution < 1.29 is 13.2 Å². The summed E-state index contributed by atoms with van der Waals surface area (Å²) in [4.78, 5) is 14.7. The highest BCUT2D eigenvalue weighted by atomic mass is 35.5. The van der Waals surface area contributed by atoms with Gasteiger partial charge in [0.15, 0.2) is 0 Å². The average molecular weight is 388 g/mol. The maximum Gasteiger partial charge on any atom is 0.255 e. The second-order valence-corrected chi connectivity index (χ2v) is 8.78. The molecule has 0 bridgehead atoms. The molecule has 140 valence electrons. The van der Waals surface area contributed by atoms with Crippen LogP contribution in [0.3, 0.4) is 0 Å². The van der Waals surface area contributed by atoms with E-state index in [0.29, 0.717) is 16.7 Å². The molecule has 0 aromatic heterocycles. The number of para-hydroxylation sites is 1. The van der Waals surface area contributed by atoms with Crippen LogP contribution in [0.1, 0.15) is 36.5 Å². The Hall–Kier alpha value is -1.31. The van der Waals surface area contributed by atoms with E-state index < -0.39 is 10.0 Å². The number of anilines is 1. The van der Waals surface area contributed by atoms with Crippen LogP contribution in [0.5, 0.6) is 0 Å². The molecule has 1 aromatic rings. The molecule has 2 aliphatic rings. The van der Waals surface area contributed by atoms with E-state index in [1.807, 2.05) is 4.90 Å². The first kappa shape index (κ1) is 20.0. The van der Waals surface area contributed by atoms with Gasteiger partial charge in [-0.3, -0.25) is 9.52 Å². The fourth-order valence-corrected chi connectivity index (χ4v) is 4.23. The van der Waals surface area contributed by atoms with Crippen LogP contribution >= 0.6 is 12.4 Å². The highest BCUT2D eigenvalue weighted by Gasteiger charge is 2.38. The molecule has 0 radical (unpaired) electrons. The molecular weight excluding hydrogens is 362 g/mol. The van der Waals surface area contributed by atoms with E-state index in [1.54, 1.807) is 31.2 Å². The van der Waals surface area contributed by atoms with Crippen molar-refractivity contribution >= 4 is 34.0 Å². The molecule has 2 aliphatic heterocycles. The number of rotatable bonds is 4. The van der Waals surface area contributed by atoms with Gasteiger partial charge in [-0.1, -0.05) is 12.1 Å². The van der Waals surface area contributed by atoms with E-state index in [-0.39, 0.29) is 24.1 Å². The zero-order valence-corrected chi connectivity index (χ0v) is 16.1. The maximum atomic E-state index is 12.9. The van der Waals surface area contributed by atoms with Crippen molar-refractivity contribution in [3.05, 3.63) is 29.8 Å². The molecule has 2 fully saturated rings. The zero-order valence-electron chi connectivity index (χ0n) is 14.5. The Bertz CT molecular complexity index is 708. The van der Waals surface area contributed by atoms with Crippen LogP contribution in [0.25, 0.3) is 0 Å². The summed E-state index contributed by atoms with van der Waals surface area (Å²) < 4.78 is 26.2. The lowest BCUT2D eigenvalue weighted by Gasteiger charge is -2.39. The predicted molar refractivity (Wildman–Crippen MR) is 102 cm³/mol. The molecule has 1 amide bonds. The number of carbonyl (C=O) groups excluding carboxylic acids is 1. The van der Waals surface area contributed by atoms with E-state index in [2.05, 4.69) is 10.0 Å². The first-order valence-electron chi connectivity index (χ1n) is 8.54. The summed E-state index contributed by atoms with van der Waals surface area (Å²) in [5.74, 6) is -0.111. The third-order valence-corrected chi connectivity index (χ3v) is 6.54. The summed E-state index contributed by atoms with van der Waals surface area (Å²) in [6, 6.07) is 6.84. The van der Waals surface area contributed by atoms with Crippen molar-refractivity contribution in [2.24, 2.45) is 5.41 Å². The third-order valence-electron chi connectivity index (χ3n) is 5.25. The third kappa shape index (κ3) is 4.46. The van der Waals surface area contributed by atoms with Crippen LogP contribution in [0.15, 0.2) is 24.3 Å². The quantitative estimate of drug-likeness (QED) is 0.829. The number of likely N-dealkylation sites (tertiary alicyclic amines) is 1. The van der Waals surface area contributed by atoms with Crippen LogP contribution in [-0.2, 0) is 10.0 Å². The topological polar surface area (TPSA) is 78.5 Å². The minimum Gasteiger partial charge on any atom is -0.339 e. The Balaban J connectivity index is 0.00000225. The van der Waals surface area contributed by atoms with Crippen LogP contribution in [-0.4, -0.2) is 51.2 Å². The molecule has 0 aliphatic carbocycles. The summed E-state index contributed by atoms with van der Waals surface area (Å²) in [5.41, 5.74) is 1.14. The Kier molecular flexibility index (Phi) is 6.35. The number of nitrogens with zero attached hydrogens (tertiary/aromatic N) is 1. The Morgan fingerprint density at radius 1 is 1.24 bits per heavy atom. The number of sulfonamides is 1. The highest BCUT2D eigenvalue weighted by molar-refractivity contribution is 7.92. The molecule has 2 N–H and O–H groups in total. The number of halogens is 1. The van der Waals surface area contributed by atoms with Crippen LogP contribution in [0.4, 0.5) is 5.69 Å². The Morgan fingerprint density at radius 3 is 2.52 bits per heavy atom. The first-order chi connectivity index (χ1) is 11.4. The van der Waals surface area contributed by atoms with Crippen LogP contribution in [0.2, 0.25) is 0 Å². The molecule has 25 heavy (non-hydrogen) atoms. The average Bonchev–Trinajstić information content (AvgIpc) is 3.03. The molecule has 0 atom stereocenters. The van der Waals surface area contributed by atoms with Gasteiger partial charge in [-0.25, -0.2) is 8.42 Å². The van der Waals surface area contributed by atoms with Gasteiger partial charge in [0.05, 0.1) is 17.0 Å². The minimum absolute atomic E-state index is 0. The lowest BCUT2D eigenvalue weighted by atomic mass is 9.78. The van der Waals surface area contributed by atoms with Gasteiger partial charge in [0.25, 0.3) is 5.91 Å². The van der Waals surface area contributed by atoms with Gasteiger partial charge in [-0.05, 0) is 50.3 Å². The number of piperidine rings is 1. The van der Waals surface area contributed by atoms with Crippen molar-refractivity contribution in [2.75, 3.05) is 36.7 Å². The van der Waals surface area contributed by atoms with Crippen molar-refractivity contribution in [2.45, 2.75) is 26.2 Å². The summed E-state index contributed by atoms with van der Waals surface area (Å²) in [6.07, 6.45) is 3.20.